The van der Waals surface area contributed by atoms with Crippen LogP contribution in [0, 0.1) is 51.9 Å². The normalized spacial score (nSPS) is 20.9. The van der Waals surface area contributed by atoms with Gasteiger partial charge in [-0.3, -0.25) is 4.79 Å². The molecule has 0 aliphatic heterocycles. The Labute approximate surface area is 152 Å². The number of methoxy groups -OCH3 is 1. The van der Waals surface area contributed by atoms with Crippen molar-refractivity contribution in [3.05, 3.63) is 46.3 Å². The summed E-state index contributed by atoms with van der Waals surface area (Å²) in [6, 6.07) is 1.28. The Kier molecular flexibility index (Phi) is 5.90. The minimum atomic E-state index is -1.68. The van der Waals surface area contributed by atoms with Crippen LogP contribution in [0.1, 0.15) is 25.0 Å². The third kappa shape index (κ3) is 3.81. The summed E-state index contributed by atoms with van der Waals surface area (Å²) in [6.07, 6.45) is 0.964. The topological polar surface area (TPSA) is 59.3 Å². The van der Waals surface area contributed by atoms with Crippen molar-refractivity contribution >= 4 is 5.97 Å². The van der Waals surface area contributed by atoms with Gasteiger partial charge in [0, 0.05) is 13.0 Å². The quantitative estimate of drug-likeness (QED) is 0.318. The number of nitrogens with zero attached hydrogens (tertiary/aromatic N) is 1. The molecule has 9 heteroatoms. The van der Waals surface area contributed by atoms with E-state index >= 15 is 0 Å². The zero-order valence-electron chi connectivity index (χ0n) is 14.7. The zero-order valence-corrected chi connectivity index (χ0v) is 14.7. The SMILES string of the molecule is COCc1c(F)c(F)c(COC(=O)[C@@H]2[C@@H](/C=C(/F)C#N)C2(C)C)c(F)c1F. The summed E-state index contributed by atoms with van der Waals surface area (Å²) >= 11 is 0. The van der Waals surface area contributed by atoms with E-state index < -0.39 is 76.7 Å². The molecule has 0 radical (unpaired) electrons. The van der Waals surface area contributed by atoms with Gasteiger partial charge in [0.15, 0.2) is 29.1 Å². The van der Waals surface area contributed by atoms with E-state index in [1.807, 2.05) is 0 Å². The minimum Gasteiger partial charge on any atom is -0.460 e. The summed E-state index contributed by atoms with van der Waals surface area (Å²) in [4.78, 5) is 12.1. The van der Waals surface area contributed by atoms with Gasteiger partial charge >= 0.3 is 5.97 Å². The lowest BCUT2D eigenvalue weighted by Crippen LogP contribution is -2.15. The second-order valence-electron chi connectivity index (χ2n) is 6.70. The molecule has 0 aromatic heterocycles. The molecule has 0 unspecified atom stereocenters. The molecule has 1 fully saturated rings. The summed E-state index contributed by atoms with van der Waals surface area (Å²) in [6.45, 7) is 1.51. The lowest BCUT2D eigenvalue weighted by Gasteiger charge is -2.12. The van der Waals surface area contributed by atoms with Gasteiger partial charge in [0.1, 0.15) is 12.7 Å². The van der Waals surface area contributed by atoms with Gasteiger partial charge in [0.2, 0.25) is 0 Å². The molecule has 0 saturated heterocycles. The number of allylic oxidation sites excluding steroid dienone is 2. The van der Waals surface area contributed by atoms with Gasteiger partial charge in [-0.05, 0) is 11.5 Å². The number of benzene rings is 1. The molecule has 2 atom stereocenters. The van der Waals surface area contributed by atoms with E-state index in [0.717, 1.165) is 13.2 Å². The first kappa shape index (κ1) is 20.8. The molecular weight excluding hydrogens is 373 g/mol. The number of esters is 1. The fourth-order valence-electron chi connectivity index (χ4n) is 2.99. The molecule has 0 N–H and O–H groups in total. The molecule has 0 heterocycles. The van der Waals surface area contributed by atoms with Crippen LogP contribution < -0.4 is 0 Å². The molecular formula is C18H16F5NO3. The first-order valence-electron chi connectivity index (χ1n) is 7.84. The highest BCUT2D eigenvalue weighted by atomic mass is 19.2. The number of carbonyl (C=O) groups is 1. The first-order chi connectivity index (χ1) is 12.6. The third-order valence-corrected chi connectivity index (χ3v) is 4.69. The maximum absolute atomic E-state index is 14.0. The van der Waals surface area contributed by atoms with Gasteiger partial charge < -0.3 is 9.47 Å². The molecule has 4 nitrogen and oxygen atoms in total. The molecule has 27 heavy (non-hydrogen) atoms. The minimum absolute atomic E-state index is 0.642. The average Bonchev–Trinajstić information content (AvgIpc) is 3.16. The van der Waals surface area contributed by atoms with Crippen molar-refractivity contribution in [3.63, 3.8) is 0 Å². The van der Waals surface area contributed by atoms with Crippen LogP contribution in [0.15, 0.2) is 11.9 Å². The number of nitriles is 1. The van der Waals surface area contributed by atoms with E-state index in [-0.39, 0.29) is 0 Å². The highest BCUT2D eigenvalue weighted by Crippen LogP contribution is 2.60. The van der Waals surface area contributed by atoms with Gasteiger partial charge in [-0.2, -0.15) is 9.65 Å². The molecule has 0 amide bonds. The van der Waals surface area contributed by atoms with E-state index in [1.54, 1.807) is 13.8 Å². The van der Waals surface area contributed by atoms with E-state index in [1.165, 1.54) is 6.07 Å². The standard InChI is InChI=1S/C18H16F5NO3/c1-18(2)11(4-8(19)5-24)12(18)17(25)27-7-10-15(22)13(20)9(6-26-3)14(21)16(10)23/h4,11-12H,6-7H2,1-3H3/b8-4+/t11-,12+/m1/s1. The van der Waals surface area contributed by atoms with E-state index in [2.05, 4.69) is 4.74 Å². The van der Waals surface area contributed by atoms with E-state index in [0.29, 0.717) is 0 Å². The number of hydrogen-bond acceptors (Lipinski definition) is 4. The van der Waals surface area contributed by atoms with Crippen LogP contribution in [0.5, 0.6) is 0 Å². The Balaban J connectivity index is 2.18. The first-order valence-corrected chi connectivity index (χ1v) is 7.84. The second-order valence-corrected chi connectivity index (χ2v) is 6.70. The van der Waals surface area contributed by atoms with Crippen LogP contribution in [0.4, 0.5) is 22.0 Å². The second kappa shape index (κ2) is 7.64. The molecule has 1 aromatic rings. The fraction of sp³-hybridized carbons (Fsp3) is 0.444. The monoisotopic (exact) mass is 389 g/mol. The summed E-state index contributed by atoms with van der Waals surface area (Å²) in [7, 11) is 1.10. The van der Waals surface area contributed by atoms with Crippen molar-refractivity contribution in [3.8, 4) is 6.07 Å². The summed E-state index contributed by atoms with van der Waals surface area (Å²) in [5.74, 6) is -10.1. The molecule has 2 rings (SSSR count). The summed E-state index contributed by atoms with van der Waals surface area (Å²) in [5, 5.41) is 8.46. The van der Waals surface area contributed by atoms with Crippen LogP contribution in [0.3, 0.4) is 0 Å². The van der Waals surface area contributed by atoms with Crippen molar-refractivity contribution in [2.75, 3.05) is 7.11 Å². The Bertz CT molecular complexity index is 815. The summed E-state index contributed by atoms with van der Waals surface area (Å²) < 4.78 is 78.2. The van der Waals surface area contributed by atoms with Crippen LogP contribution in [-0.2, 0) is 27.5 Å². The van der Waals surface area contributed by atoms with Crippen LogP contribution >= 0.6 is 0 Å². The summed E-state index contributed by atoms with van der Waals surface area (Å²) in [5.41, 5.74) is -2.73. The number of halogens is 5. The molecule has 1 aromatic carbocycles. The molecule has 1 saturated carbocycles. The molecule has 1 aliphatic rings. The highest BCUT2D eigenvalue weighted by molar-refractivity contribution is 5.78. The van der Waals surface area contributed by atoms with E-state index in [9.17, 15) is 26.7 Å². The predicted octanol–water partition coefficient (Wildman–Crippen LogP) is 4.08. The third-order valence-electron chi connectivity index (χ3n) is 4.69. The molecule has 0 bridgehead atoms. The van der Waals surface area contributed by atoms with Gasteiger partial charge in [0.05, 0.1) is 23.7 Å². The van der Waals surface area contributed by atoms with Gasteiger partial charge in [-0.1, -0.05) is 13.8 Å². The Morgan fingerprint density at radius 1 is 1.11 bits per heavy atom. The van der Waals surface area contributed by atoms with Crippen molar-refractivity contribution in [1.29, 1.82) is 5.26 Å². The molecule has 146 valence electrons. The fourth-order valence-corrected chi connectivity index (χ4v) is 2.99. The van der Waals surface area contributed by atoms with Crippen molar-refractivity contribution in [2.45, 2.75) is 27.1 Å². The number of ether oxygens (including phenoxy) is 2. The number of rotatable bonds is 6. The average molecular weight is 389 g/mol. The maximum atomic E-state index is 14.0. The smallest absolute Gasteiger partial charge is 0.310 e. The van der Waals surface area contributed by atoms with Crippen molar-refractivity contribution in [2.24, 2.45) is 17.3 Å². The Hall–Kier alpha value is -2.47. The van der Waals surface area contributed by atoms with Crippen LogP contribution in [0.2, 0.25) is 0 Å². The van der Waals surface area contributed by atoms with Gasteiger partial charge in [-0.15, -0.1) is 0 Å². The van der Waals surface area contributed by atoms with Crippen molar-refractivity contribution in [1.82, 2.24) is 0 Å². The zero-order chi connectivity index (χ0) is 20.5. The largest absolute Gasteiger partial charge is 0.460 e. The van der Waals surface area contributed by atoms with Crippen molar-refractivity contribution < 1.29 is 36.2 Å². The maximum Gasteiger partial charge on any atom is 0.310 e. The van der Waals surface area contributed by atoms with Gasteiger partial charge in [-0.25, -0.2) is 17.6 Å². The number of carbonyl (C=O) groups excluding carboxylic acids is 1. The highest BCUT2D eigenvalue weighted by Gasteiger charge is 2.61. The Morgan fingerprint density at radius 3 is 2.04 bits per heavy atom. The number of hydrogen-bond donors (Lipinski definition) is 0. The lowest BCUT2D eigenvalue weighted by atomic mass is 10.1. The molecule has 1 aliphatic carbocycles. The van der Waals surface area contributed by atoms with Gasteiger partial charge in [0.25, 0.3) is 0 Å². The predicted molar refractivity (Wildman–Crippen MR) is 82.3 cm³/mol. The van der Waals surface area contributed by atoms with Crippen LogP contribution in [0.25, 0.3) is 0 Å². The lowest BCUT2D eigenvalue weighted by molar-refractivity contribution is -0.147. The Morgan fingerprint density at radius 2 is 1.59 bits per heavy atom. The van der Waals surface area contributed by atoms with E-state index in [4.69, 9.17) is 10.00 Å². The molecule has 0 spiro atoms. The van der Waals surface area contributed by atoms with Crippen LogP contribution in [-0.4, -0.2) is 13.1 Å².